The molecule has 0 saturated carbocycles. The summed E-state index contributed by atoms with van der Waals surface area (Å²) in [5.74, 6) is -0.801. The number of thiophene rings is 1. The summed E-state index contributed by atoms with van der Waals surface area (Å²) in [6.07, 6.45) is 0. The van der Waals surface area contributed by atoms with Crippen molar-refractivity contribution in [3.63, 3.8) is 0 Å². The SMILES string of the molecule is C[C@H](C(=O)Nc1ccccc1F)N1CCN(S(=O)(=O)c2cccs2)CC1. The molecule has 1 saturated heterocycles. The molecule has 9 heteroatoms. The summed E-state index contributed by atoms with van der Waals surface area (Å²) in [7, 11) is -3.47. The van der Waals surface area contributed by atoms with E-state index >= 15 is 0 Å². The van der Waals surface area contributed by atoms with Crippen molar-refractivity contribution in [2.24, 2.45) is 0 Å². The van der Waals surface area contributed by atoms with E-state index in [0.717, 1.165) is 0 Å². The van der Waals surface area contributed by atoms with E-state index in [1.807, 2.05) is 4.90 Å². The lowest BCUT2D eigenvalue weighted by Gasteiger charge is -2.36. The number of amides is 1. The van der Waals surface area contributed by atoms with Crippen LogP contribution in [-0.4, -0.2) is 55.8 Å². The molecule has 6 nitrogen and oxygen atoms in total. The topological polar surface area (TPSA) is 69.7 Å². The van der Waals surface area contributed by atoms with Gasteiger partial charge < -0.3 is 5.32 Å². The molecule has 0 aliphatic carbocycles. The van der Waals surface area contributed by atoms with E-state index in [1.54, 1.807) is 36.6 Å². The highest BCUT2D eigenvalue weighted by Gasteiger charge is 2.32. The largest absolute Gasteiger partial charge is 0.322 e. The number of hydrogen-bond donors (Lipinski definition) is 1. The van der Waals surface area contributed by atoms with Gasteiger partial charge >= 0.3 is 0 Å². The van der Waals surface area contributed by atoms with E-state index in [1.165, 1.54) is 27.8 Å². The third-order valence-electron chi connectivity index (χ3n) is 4.42. The van der Waals surface area contributed by atoms with Gasteiger partial charge in [0.25, 0.3) is 10.0 Å². The minimum Gasteiger partial charge on any atom is -0.322 e. The van der Waals surface area contributed by atoms with E-state index in [2.05, 4.69) is 5.32 Å². The predicted octanol–water partition coefficient (Wildman–Crippen LogP) is 2.22. The zero-order chi connectivity index (χ0) is 18.7. The second-order valence-electron chi connectivity index (χ2n) is 6.02. The van der Waals surface area contributed by atoms with Gasteiger partial charge in [-0.1, -0.05) is 18.2 Å². The van der Waals surface area contributed by atoms with Crippen molar-refractivity contribution in [1.29, 1.82) is 0 Å². The molecular weight excluding hydrogens is 377 g/mol. The molecule has 2 heterocycles. The van der Waals surface area contributed by atoms with Crippen LogP contribution in [0.2, 0.25) is 0 Å². The number of carbonyl (C=O) groups excluding carboxylic acids is 1. The normalized spacial score (nSPS) is 17.8. The Morgan fingerprint density at radius 3 is 2.46 bits per heavy atom. The monoisotopic (exact) mass is 397 g/mol. The summed E-state index contributed by atoms with van der Waals surface area (Å²) in [4.78, 5) is 14.3. The summed E-state index contributed by atoms with van der Waals surface area (Å²) < 4.78 is 40.5. The average molecular weight is 397 g/mol. The van der Waals surface area contributed by atoms with E-state index < -0.39 is 21.9 Å². The van der Waals surface area contributed by atoms with Crippen LogP contribution in [0.4, 0.5) is 10.1 Å². The molecule has 26 heavy (non-hydrogen) atoms. The highest BCUT2D eigenvalue weighted by molar-refractivity contribution is 7.91. The van der Waals surface area contributed by atoms with Crippen LogP contribution in [0, 0.1) is 5.82 Å². The fourth-order valence-corrected chi connectivity index (χ4v) is 5.40. The molecule has 140 valence electrons. The van der Waals surface area contributed by atoms with Gasteiger partial charge in [0.05, 0.1) is 11.7 Å². The van der Waals surface area contributed by atoms with Gasteiger partial charge in [0, 0.05) is 26.2 Å². The first-order chi connectivity index (χ1) is 12.4. The first-order valence-corrected chi connectivity index (χ1v) is 10.5. The first-order valence-electron chi connectivity index (χ1n) is 8.22. The Labute approximate surface area is 156 Å². The maximum atomic E-state index is 13.7. The molecule has 1 fully saturated rings. The summed E-state index contributed by atoms with van der Waals surface area (Å²) in [5, 5.41) is 4.32. The van der Waals surface area contributed by atoms with Crippen molar-refractivity contribution in [3.05, 3.63) is 47.6 Å². The van der Waals surface area contributed by atoms with Gasteiger partial charge in [-0.05, 0) is 30.5 Å². The molecule has 1 aliphatic heterocycles. The fourth-order valence-electron chi connectivity index (χ4n) is 2.83. The Bertz CT molecular complexity index is 863. The summed E-state index contributed by atoms with van der Waals surface area (Å²) in [6.45, 7) is 3.25. The Hall–Kier alpha value is -1.81. The molecule has 1 aliphatic rings. The lowest BCUT2D eigenvalue weighted by atomic mass is 10.2. The lowest BCUT2D eigenvalue weighted by Crippen LogP contribution is -2.53. The van der Waals surface area contributed by atoms with Crippen LogP contribution in [0.5, 0.6) is 0 Å². The van der Waals surface area contributed by atoms with Crippen LogP contribution in [0.15, 0.2) is 46.0 Å². The molecule has 0 unspecified atom stereocenters. The van der Waals surface area contributed by atoms with Crippen molar-refractivity contribution >= 4 is 33.0 Å². The second kappa shape index (κ2) is 7.83. The van der Waals surface area contributed by atoms with Crippen molar-refractivity contribution < 1.29 is 17.6 Å². The zero-order valence-electron chi connectivity index (χ0n) is 14.3. The number of hydrogen-bond acceptors (Lipinski definition) is 5. The third kappa shape index (κ3) is 3.96. The molecule has 0 bridgehead atoms. The number of nitrogens with zero attached hydrogens (tertiary/aromatic N) is 2. The number of carbonyl (C=O) groups is 1. The van der Waals surface area contributed by atoms with Gasteiger partial charge in [-0.2, -0.15) is 4.31 Å². The smallest absolute Gasteiger partial charge is 0.252 e. The number of para-hydroxylation sites is 1. The van der Waals surface area contributed by atoms with Crippen LogP contribution in [0.3, 0.4) is 0 Å². The van der Waals surface area contributed by atoms with E-state index in [-0.39, 0.29) is 11.6 Å². The molecule has 0 radical (unpaired) electrons. The first kappa shape index (κ1) is 19.0. The van der Waals surface area contributed by atoms with E-state index in [4.69, 9.17) is 0 Å². The zero-order valence-corrected chi connectivity index (χ0v) is 15.9. The Morgan fingerprint density at radius 1 is 1.15 bits per heavy atom. The minimum atomic E-state index is -3.47. The molecule has 0 spiro atoms. The number of benzene rings is 1. The molecule has 1 aromatic carbocycles. The molecule has 3 rings (SSSR count). The van der Waals surface area contributed by atoms with Crippen LogP contribution >= 0.6 is 11.3 Å². The quantitative estimate of drug-likeness (QED) is 0.840. The van der Waals surface area contributed by atoms with E-state index in [0.29, 0.717) is 30.4 Å². The van der Waals surface area contributed by atoms with Gasteiger partial charge in [-0.15, -0.1) is 11.3 Å². The van der Waals surface area contributed by atoms with Gasteiger partial charge in [-0.3, -0.25) is 9.69 Å². The Morgan fingerprint density at radius 2 is 1.85 bits per heavy atom. The van der Waals surface area contributed by atoms with Gasteiger partial charge in [0.2, 0.25) is 5.91 Å². The fraction of sp³-hybridized carbons (Fsp3) is 0.353. The number of anilines is 1. The number of halogens is 1. The second-order valence-corrected chi connectivity index (χ2v) is 9.13. The summed E-state index contributed by atoms with van der Waals surface area (Å²) in [5.41, 5.74) is 0.142. The van der Waals surface area contributed by atoms with Gasteiger partial charge in [0.1, 0.15) is 10.0 Å². The van der Waals surface area contributed by atoms with Crippen molar-refractivity contribution in [3.8, 4) is 0 Å². The molecule has 1 aromatic heterocycles. The average Bonchev–Trinajstić information content (AvgIpc) is 3.18. The van der Waals surface area contributed by atoms with E-state index in [9.17, 15) is 17.6 Å². The molecular formula is C17H20FN3O3S2. The van der Waals surface area contributed by atoms with Crippen molar-refractivity contribution in [2.75, 3.05) is 31.5 Å². The number of piperazine rings is 1. The molecule has 1 atom stereocenters. The molecule has 1 amide bonds. The van der Waals surface area contributed by atoms with Crippen molar-refractivity contribution in [2.45, 2.75) is 17.2 Å². The Balaban J connectivity index is 1.59. The lowest BCUT2D eigenvalue weighted by molar-refractivity contribution is -0.121. The maximum absolute atomic E-state index is 13.7. The van der Waals surface area contributed by atoms with Crippen LogP contribution < -0.4 is 5.32 Å². The minimum absolute atomic E-state index is 0.142. The summed E-state index contributed by atoms with van der Waals surface area (Å²) >= 11 is 1.20. The Kier molecular flexibility index (Phi) is 5.71. The highest BCUT2D eigenvalue weighted by Crippen LogP contribution is 2.22. The van der Waals surface area contributed by atoms with Gasteiger partial charge in [-0.25, -0.2) is 12.8 Å². The van der Waals surface area contributed by atoms with Crippen LogP contribution in [0.25, 0.3) is 0 Å². The highest BCUT2D eigenvalue weighted by atomic mass is 32.2. The number of sulfonamides is 1. The third-order valence-corrected chi connectivity index (χ3v) is 7.69. The summed E-state index contributed by atoms with van der Waals surface area (Å²) in [6, 6.07) is 8.82. The van der Waals surface area contributed by atoms with Crippen LogP contribution in [0.1, 0.15) is 6.92 Å². The van der Waals surface area contributed by atoms with Gasteiger partial charge in [0.15, 0.2) is 0 Å². The predicted molar refractivity (Wildman–Crippen MR) is 99.1 cm³/mol. The number of nitrogens with one attached hydrogen (secondary N) is 1. The molecule has 1 N–H and O–H groups in total. The standard InChI is InChI=1S/C17H20FN3O3S2/c1-13(17(22)19-15-6-3-2-5-14(15)18)20-8-10-21(11-9-20)26(23,24)16-7-4-12-25-16/h2-7,12-13H,8-11H2,1H3,(H,19,22)/t13-/m1/s1. The maximum Gasteiger partial charge on any atom is 0.252 e. The number of rotatable bonds is 5. The van der Waals surface area contributed by atoms with Crippen molar-refractivity contribution in [1.82, 2.24) is 9.21 Å². The molecule has 2 aromatic rings. The van der Waals surface area contributed by atoms with Crippen LogP contribution in [-0.2, 0) is 14.8 Å².